The Labute approximate surface area is 170 Å². The van der Waals surface area contributed by atoms with E-state index in [1.165, 1.54) is 19.2 Å². The van der Waals surface area contributed by atoms with E-state index in [0.29, 0.717) is 0 Å². The molecular formula is C16H14O12S2. The summed E-state index contributed by atoms with van der Waals surface area (Å²) in [6.07, 6.45) is -1.27. The summed E-state index contributed by atoms with van der Waals surface area (Å²) in [6, 6.07) is 5.71. The van der Waals surface area contributed by atoms with Gasteiger partial charge in [-0.05, 0) is 17.7 Å². The number of carbonyl (C=O) groups is 1. The molecule has 2 aromatic carbocycles. The summed E-state index contributed by atoms with van der Waals surface area (Å²) < 4.78 is 80.9. The van der Waals surface area contributed by atoms with Crippen molar-refractivity contribution in [1.29, 1.82) is 0 Å². The van der Waals surface area contributed by atoms with Crippen molar-refractivity contribution in [2.45, 2.75) is 12.5 Å². The number of rotatable bonds is 6. The Bertz CT molecular complexity index is 1220. The average Bonchev–Trinajstić information content (AvgIpc) is 2.58. The second-order valence-electron chi connectivity index (χ2n) is 5.98. The fourth-order valence-electron chi connectivity index (χ4n) is 2.84. The van der Waals surface area contributed by atoms with Crippen LogP contribution in [-0.2, 0) is 20.8 Å². The smallest absolute Gasteiger partial charge is 0.446 e. The summed E-state index contributed by atoms with van der Waals surface area (Å²) >= 11 is 0. The highest BCUT2D eigenvalue weighted by atomic mass is 32.3. The lowest BCUT2D eigenvalue weighted by atomic mass is 9.95. The molecule has 3 N–H and O–H groups in total. The number of hydrogen-bond donors (Lipinski definition) is 3. The highest BCUT2D eigenvalue weighted by molar-refractivity contribution is 7.81. The zero-order valence-corrected chi connectivity index (χ0v) is 16.6. The maximum absolute atomic E-state index is 12.5. The van der Waals surface area contributed by atoms with Crippen LogP contribution in [0.15, 0.2) is 30.3 Å². The molecule has 0 aliphatic carbocycles. The van der Waals surface area contributed by atoms with Gasteiger partial charge in [-0.25, -0.2) is 0 Å². The van der Waals surface area contributed by atoms with Gasteiger partial charge in [-0.2, -0.15) is 16.8 Å². The maximum Gasteiger partial charge on any atom is 0.446 e. The molecule has 1 heterocycles. The van der Waals surface area contributed by atoms with Crippen molar-refractivity contribution in [3.63, 3.8) is 0 Å². The number of Topliss-reactive ketones (excluding diaryl/α,β-unsaturated/α-hetero) is 1. The van der Waals surface area contributed by atoms with Crippen LogP contribution in [0.25, 0.3) is 0 Å². The van der Waals surface area contributed by atoms with E-state index in [4.69, 9.17) is 18.6 Å². The normalized spacial score (nSPS) is 16.4. The van der Waals surface area contributed by atoms with Crippen LogP contribution in [0.5, 0.6) is 28.7 Å². The van der Waals surface area contributed by atoms with Crippen LogP contribution in [0.4, 0.5) is 0 Å². The van der Waals surface area contributed by atoms with Gasteiger partial charge in [-0.3, -0.25) is 13.9 Å². The van der Waals surface area contributed by atoms with Crippen LogP contribution in [0.2, 0.25) is 0 Å². The molecule has 0 radical (unpaired) electrons. The van der Waals surface area contributed by atoms with Crippen LogP contribution in [-0.4, -0.2) is 43.9 Å². The molecule has 0 bridgehead atoms. The van der Waals surface area contributed by atoms with E-state index in [9.17, 15) is 26.7 Å². The van der Waals surface area contributed by atoms with Crippen LogP contribution in [0.3, 0.4) is 0 Å². The third-order valence-electron chi connectivity index (χ3n) is 3.93. The van der Waals surface area contributed by atoms with E-state index in [1.54, 1.807) is 0 Å². The maximum atomic E-state index is 12.5. The number of ketones is 1. The van der Waals surface area contributed by atoms with Crippen LogP contribution in [0.1, 0.15) is 28.4 Å². The zero-order chi connectivity index (χ0) is 22.3. The van der Waals surface area contributed by atoms with Crippen molar-refractivity contribution in [3.8, 4) is 28.7 Å². The number of carbonyl (C=O) groups excluding carboxylic acids is 1. The molecule has 0 fully saturated rings. The number of ether oxygens (including phenoxy) is 2. The van der Waals surface area contributed by atoms with E-state index in [2.05, 4.69) is 8.37 Å². The van der Waals surface area contributed by atoms with E-state index in [0.717, 1.165) is 18.2 Å². The van der Waals surface area contributed by atoms with Crippen molar-refractivity contribution in [2.24, 2.45) is 0 Å². The summed E-state index contributed by atoms with van der Waals surface area (Å²) in [6.45, 7) is 0. The van der Waals surface area contributed by atoms with Crippen LogP contribution >= 0.6 is 0 Å². The summed E-state index contributed by atoms with van der Waals surface area (Å²) in [4.78, 5) is 12.5. The summed E-state index contributed by atoms with van der Waals surface area (Å²) in [7, 11) is -8.52. The first kappa shape index (κ1) is 21.6. The first-order chi connectivity index (χ1) is 13.9. The van der Waals surface area contributed by atoms with Crippen molar-refractivity contribution < 1.29 is 53.7 Å². The Kier molecular flexibility index (Phi) is 5.51. The Morgan fingerprint density at radius 2 is 1.67 bits per heavy atom. The molecular weight excluding hydrogens is 448 g/mol. The van der Waals surface area contributed by atoms with Crippen LogP contribution < -0.4 is 17.8 Å². The topological polar surface area (TPSA) is 183 Å². The number of aromatic hydroxyl groups is 1. The molecule has 3 rings (SSSR count). The second-order valence-corrected chi connectivity index (χ2v) is 8.03. The minimum atomic E-state index is -4.89. The predicted molar refractivity (Wildman–Crippen MR) is 97.8 cm³/mol. The van der Waals surface area contributed by atoms with Gasteiger partial charge >= 0.3 is 20.8 Å². The van der Waals surface area contributed by atoms with Gasteiger partial charge in [0.05, 0.1) is 13.5 Å². The average molecular weight is 462 g/mol. The van der Waals surface area contributed by atoms with Gasteiger partial charge in [-0.1, -0.05) is 6.07 Å². The Morgan fingerprint density at radius 3 is 2.27 bits per heavy atom. The molecule has 0 spiro atoms. The number of benzene rings is 2. The number of phenolic OH excluding ortho intramolecular Hbond substituents is 1. The van der Waals surface area contributed by atoms with Crippen molar-refractivity contribution >= 4 is 26.6 Å². The number of hydrogen-bond acceptors (Lipinski definition) is 10. The van der Waals surface area contributed by atoms with Crippen LogP contribution in [0, 0.1) is 0 Å². The lowest BCUT2D eigenvalue weighted by Crippen LogP contribution is -2.21. The summed E-state index contributed by atoms with van der Waals surface area (Å²) in [5.74, 6) is -2.33. The van der Waals surface area contributed by atoms with Gasteiger partial charge in [-0.15, -0.1) is 0 Å². The third kappa shape index (κ3) is 4.91. The highest BCUT2D eigenvalue weighted by Gasteiger charge is 2.32. The van der Waals surface area contributed by atoms with E-state index < -0.39 is 44.2 Å². The molecule has 0 saturated carbocycles. The van der Waals surface area contributed by atoms with Gasteiger partial charge in [0.1, 0.15) is 23.2 Å². The molecule has 0 amide bonds. The first-order valence-corrected chi connectivity index (χ1v) is 10.7. The number of phenols is 1. The predicted octanol–water partition coefficient (Wildman–Crippen LogP) is 1.47. The molecule has 30 heavy (non-hydrogen) atoms. The second kappa shape index (κ2) is 7.64. The van der Waals surface area contributed by atoms with Gasteiger partial charge in [0, 0.05) is 12.1 Å². The Hall–Kier alpha value is -3.07. The van der Waals surface area contributed by atoms with Gasteiger partial charge < -0.3 is 22.9 Å². The number of fused-ring (bicyclic) bond motifs is 1. The monoisotopic (exact) mass is 462 g/mol. The van der Waals surface area contributed by atoms with Crippen molar-refractivity contribution in [3.05, 3.63) is 41.5 Å². The quantitative estimate of drug-likeness (QED) is 0.526. The minimum Gasteiger partial charge on any atom is -0.507 e. The lowest BCUT2D eigenvalue weighted by Gasteiger charge is -2.26. The molecule has 14 heteroatoms. The standard InChI is InChI=1S/C16H14O12S2/c1-25-12-3-2-8(4-14(12)28-30(22,23)24)13-7-11(18)16-10(17)5-9(6-15(16)26-13)27-29(19,20)21/h2-6,13,17H,7H2,1H3,(H,19,20,21)(H,22,23,24)/t13-/m0/s1. The van der Waals surface area contributed by atoms with Crippen molar-refractivity contribution in [2.75, 3.05) is 7.11 Å². The van der Waals surface area contributed by atoms with E-state index >= 15 is 0 Å². The van der Waals surface area contributed by atoms with E-state index in [1.807, 2.05) is 0 Å². The molecule has 1 atom stereocenters. The molecule has 0 unspecified atom stereocenters. The fourth-order valence-corrected chi connectivity index (χ4v) is 3.54. The van der Waals surface area contributed by atoms with Gasteiger partial charge in [0.25, 0.3) is 0 Å². The molecule has 162 valence electrons. The minimum absolute atomic E-state index is 0.0274. The SMILES string of the molecule is COc1ccc([C@@H]2CC(=O)c3c(O)cc(OS(=O)(=O)O)cc3O2)cc1OS(=O)(=O)O. The Morgan fingerprint density at radius 1 is 1.00 bits per heavy atom. The molecule has 1 aliphatic rings. The largest absolute Gasteiger partial charge is 0.507 e. The third-order valence-corrected chi connectivity index (χ3v) is 4.72. The molecule has 0 aromatic heterocycles. The van der Waals surface area contributed by atoms with Gasteiger partial charge in [0.15, 0.2) is 23.0 Å². The summed E-state index contributed by atoms with van der Waals surface area (Å²) in [5, 5.41) is 10.0. The molecule has 0 saturated heterocycles. The zero-order valence-electron chi connectivity index (χ0n) is 15.0. The molecule has 1 aliphatic heterocycles. The van der Waals surface area contributed by atoms with Crippen molar-refractivity contribution in [1.82, 2.24) is 0 Å². The highest BCUT2D eigenvalue weighted by Crippen LogP contribution is 2.43. The molecule has 2 aromatic rings. The van der Waals surface area contributed by atoms with Gasteiger partial charge in [0.2, 0.25) is 0 Å². The first-order valence-electron chi connectivity index (χ1n) is 7.95. The Balaban J connectivity index is 2.00. The lowest BCUT2D eigenvalue weighted by molar-refractivity contribution is 0.0844. The summed E-state index contributed by atoms with van der Waals surface area (Å²) in [5.41, 5.74) is 0.0194. The fraction of sp³-hybridized carbons (Fsp3) is 0.188. The van der Waals surface area contributed by atoms with E-state index in [-0.39, 0.29) is 34.8 Å². The number of methoxy groups -OCH3 is 1. The molecule has 12 nitrogen and oxygen atoms in total.